The smallest absolute Gasteiger partial charge is 0.168 e. The van der Waals surface area contributed by atoms with Crippen LogP contribution in [0.1, 0.15) is 46.5 Å². The number of ether oxygens (including phenoxy) is 1. The predicted molar refractivity (Wildman–Crippen MR) is 92.2 cm³/mol. The number of allylic oxidation sites excluding steroid dienone is 2. The Bertz CT molecular complexity index is 565. The monoisotopic (exact) mass is 336 g/mol. The Morgan fingerprint density at radius 1 is 1.42 bits per heavy atom. The molecule has 0 amide bonds. The van der Waals surface area contributed by atoms with Crippen LogP contribution in [0.5, 0.6) is 0 Å². The van der Waals surface area contributed by atoms with Crippen molar-refractivity contribution in [2.45, 2.75) is 58.6 Å². The highest BCUT2D eigenvalue weighted by Crippen LogP contribution is 2.37. The van der Waals surface area contributed by atoms with Gasteiger partial charge in [-0.2, -0.15) is 0 Å². The van der Waals surface area contributed by atoms with E-state index in [0.29, 0.717) is 50.1 Å². The highest BCUT2D eigenvalue weighted by molar-refractivity contribution is 6.22. The lowest BCUT2D eigenvalue weighted by Gasteiger charge is -2.29. The maximum atomic E-state index is 12.4. The summed E-state index contributed by atoms with van der Waals surface area (Å²) in [5, 5.41) is 10.3. The number of aliphatic hydroxyl groups excluding tert-OH is 1. The van der Waals surface area contributed by atoms with E-state index in [0.717, 1.165) is 6.29 Å². The lowest BCUT2D eigenvalue weighted by atomic mass is 9.75. The fourth-order valence-electron chi connectivity index (χ4n) is 3.67. The Morgan fingerprint density at radius 2 is 2.12 bits per heavy atom. The molecule has 0 radical (unpaired) electrons. The van der Waals surface area contributed by atoms with Crippen molar-refractivity contribution >= 4 is 17.8 Å². The van der Waals surface area contributed by atoms with Crippen LogP contribution in [-0.2, 0) is 14.3 Å². The molecule has 2 aliphatic carbocycles. The predicted octanol–water partition coefficient (Wildman–Crippen LogP) is 1.97. The van der Waals surface area contributed by atoms with Gasteiger partial charge in [0, 0.05) is 31.0 Å². The number of ketones is 1. The second-order valence-electron chi connectivity index (χ2n) is 7.61. The maximum absolute atomic E-state index is 12.4. The van der Waals surface area contributed by atoms with E-state index in [9.17, 15) is 14.7 Å². The van der Waals surface area contributed by atoms with Gasteiger partial charge in [0.15, 0.2) is 5.78 Å². The van der Waals surface area contributed by atoms with Gasteiger partial charge < -0.3 is 20.4 Å². The van der Waals surface area contributed by atoms with Crippen LogP contribution >= 0.6 is 0 Å². The largest absolute Gasteiger partial charge is 0.511 e. The minimum absolute atomic E-state index is 0.0747. The lowest BCUT2D eigenvalue weighted by molar-refractivity contribution is -0.118. The van der Waals surface area contributed by atoms with Crippen LogP contribution in [0.15, 0.2) is 16.3 Å². The number of nitrogens with zero attached hydrogens (tertiary/aromatic N) is 1. The summed E-state index contributed by atoms with van der Waals surface area (Å²) >= 11 is 0. The lowest BCUT2D eigenvalue weighted by Crippen LogP contribution is -2.30. The second-order valence-corrected chi connectivity index (χ2v) is 7.61. The van der Waals surface area contributed by atoms with E-state index >= 15 is 0 Å². The molecular weight excluding hydrogens is 308 g/mol. The van der Waals surface area contributed by atoms with E-state index in [1.807, 2.05) is 13.8 Å². The molecule has 6 nitrogen and oxygen atoms in total. The van der Waals surface area contributed by atoms with E-state index in [1.54, 1.807) is 6.92 Å². The first-order valence-electron chi connectivity index (χ1n) is 8.54. The summed E-state index contributed by atoms with van der Waals surface area (Å²) in [7, 11) is 0. The first-order chi connectivity index (χ1) is 11.3. The van der Waals surface area contributed by atoms with E-state index in [-0.39, 0.29) is 35.0 Å². The van der Waals surface area contributed by atoms with Gasteiger partial charge in [-0.15, -0.1) is 0 Å². The molecule has 1 unspecified atom stereocenters. The van der Waals surface area contributed by atoms with Gasteiger partial charge in [-0.05, 0) is 25.2 Å². The molecule has 3 atom stereocenters. The number of rotatable bonds is 6. The van der Waals surface area contributed by atoms with E-state index < -0.39 is 0 Å². The van der Waals surface area contributed by atoms with E-state index in [1.165, 1.54) is 0 Å². The van der Waals surface area contributed by atoms with Crippen molar-refractivity contribution in [3.8, 4) is 0 Å². The zero-order chi connectivity index (χ0) is 17.9. The quantitative estimate of drug-likeness (QED) is 0.570. The molecule has 0 saturated heterocycles. The third-order valence-corrected chi connectivity index (χ3v) is 4.72. The fraction of sp³-hybridized carbons (Fsp3) is 0.722. The van der Waals surface area contributed by atoms with Crippen molar-refractivity contribution in [3.05, 3.63) is 11.3 Å². The Morgan fingerprint density at radius 3 is 2.71 bits per heavy atom. The zero-order valence-corrected chi connectivity index (χ0v) is 14.7. The summed E-state index contributed by atoms with van der Waals surface area (Å²) < 4.78 is 5.72. The first-order valence-corrected chi connectivity index (χ1v) is 8.54. The molecule has 1 saturated carbocycles. The van der Waals surface area contributed by atoms with Crippen molar-refractivity contribution in [1.82, 2.24) is 0 Å². The molecule has 0 bridgehead atoms. The Balaban J connectivity index is 2.21. The molecule has 0 aromatic carbocycles. The zero-order valence-electron chi connectivity index (χ0n) is 14.7. The summed E-state index contributed by atoms with van der Waals surface area (Å²) in [6, 6.07) is -0.185. The molecule has 24 heavy (non-hydrogen) atoms. The molecule has 3 N–H and O–H groups in total. The average molecular weight is 336 g/mol. The molecule has 0 spiro atoms. The van der Waals surface area contributed by atoms with Gasteiger partial charge >= 0.3 is 0 Å². The normalized spacial score (nSPS) is 30.8. The summed E-state index contributed by atoms with van der Waals surface area (Å²) in [4.78, 5) is 28.1. The van der Waals surface area contributed by atoms with Crippen molar-refractivity contribution in [2.75, 3.05) is 13.2 Å². The number of aliphatic imine (C=N–C) groups is 1. The van der Waals surface area contributed by atoms with Crippen LogP contribution < -0.4 is 5.73 Å². The standard InChI is InChI=1S/C18H28N2O4/c1-11(17-14(22)8-18(2,3)9-15(17)23)20-13-6-12(10-21)7-16(13)24-5-4-19/h10,12-13,16,22H,4-9,19H2,1-3H3/t12-,13+,16?/m1/s1. The fourth-order valence-corrected chi connectivity index (χ4v) is 3.67. The summed E-state index contributed by atoms with van der Waals surface area (Å²) in [6.45, 7) is 6.51. The van der Waals surface area contributed by atoms with Crippen LogP contribution in [0.25, 0.3) is 0 Å². The number of aliphatic hydroxyl groups is 1. The molecule has 6 heteroatoms. The van der Waals surface area contributed by atoms with E-state index in [4.69, 9.17) is 10.5 Å². The number of aldehydes is 1. The summed E-state index contributed by atoms with van der Waals surface area (Å²) in [5.41, 5.74) is 6.12. The number of nitrogens with two attached hydrogens (primary N) is 1. The van der Waals surface area contributed by atoms with Gasteiger partial charge in [0.2, 0.25) is 0 Å². The number of Topliss-reactive ketones (excluding diaryl/α,β-unsaturated/α-hetero) is 1. The highest BCUT2D eigenvalue weighted by Gasteiger charge is 2.37. The molecule has 134 valence electrons. The minimum Gasteiger partial charge on any atom is -0.511 e. The summed E-state index contributed by atoms with van der Waals surface area (Å²) in [5.74, 6) is -0.0471. The molecule has 0 aliphatic heterocycles. The highest BCUT2D eigenvalue weighted by atomic mass is 16.5. The van der Waals surface area contributed by atoms with Gasteiger partial charge in [-0.3, -0.25) is 9.79 Å². The van der Waals surface area contributed by atoms with Crippen molar-refractivity contribution in [1.29, 1.82) is 0 Å². The van der Waals surface area contributed by atoms with E-state index in [2.05, 4.69) is 4.99 Å². The van der Waals surface area contributed by atoms with Crippen LogP contribution in [0.4, 0.5) is 0 Å². The van der Waals surface area contributed by atoms with Gasteiger partial charge in [-0.25, -0.2) is 0 Å². The topological polar surface area (TPSA) is 102 Å². The molecule has 1 fully saturated rings. The molecule has 0 aromatic heterocycles. The molecule has 2 rings (SSSR count). The van der Waals surface area contributed by atoms with Crippen molar-refractivity contribution < 1.29 is 19.4 Å². The number of carbonyl (C=O) groups is 2. The second kappa shape index (κ2) is 7.57. The van der Waals surface area contributed by atoms with Gasteiger partial charge in [0.25, 0.3) is 0 Å². The molecule has 0 aromatic rings. The molecule has 2 aliphatic rings. The van der Waals surface area contributed by atoms with Gasteiger partial charge in [-0.1, -0.05) is 13.8 Å². The maximum Gasteiger partial charge on any atom is 0.168 e. The first kappa shape index (κ1) is 18.8. The Hall–Kier alpha value is -1.53. The third kappa shape index (κ3) is 4.30. The number of hydrogen-bond acceptors (Lipinski definition) is 6. The average Bonchev–Trinajstić information content (AvgIpc) is 2.85. The van der Waals surface area contributed by atoms with Crippen LogP contribution in [-0.4, -0.2) is 48.2 Å². The van der Waals surface area contributed by atoms with Crippen LogP contribution in [0.2, 0.25) is 0 Å². The minimum atomic E-state index is -0.228. The van der Waals surface area contributed by atoms with Gasteiger partial charge in [0.05, 0.1) is 24.3 Å². The van der Waals surface area contributed by atoms with Gasteiger partial charge in [0.1, 0.15) is 12.0 Å². The SMILES string of the molecule is CC(=N[C@H]1C[C@@H](C=O)CC1OCCN)C1=C(O)CC(C)(C)CC1=O. The van der Waals surface area contributed by atoms with Crippen LogP contribution in [0.3, 0.4) is 0 Å². The third-order valence-electron chi connectivity index (χ3n) is 4.72. The summed E-state index contributed by atoms with van der Waals surface area (Å²) in [6.07, 6.45) is 2.86. The number of carbonyl (C=O) groups excluding carboxylic acids is 2. The Kier molecular flexibility index (Phi) is 5.93. The molecule has 0 heterocycles. The van der Waals surface area contributed by atoms with Crippen molar-refractivity contribution in [3.63, 3.8) is 0 Å². The number of hydrogen-bond donors (Lipinski definition) is 2. The molecular formula is C18H28N2O4. The van der Waals surface area contributed by atoms with Crippen molar-refractivity contribution in [2.24, 2.45) is 22.1 Å². The Labute approximate surface area is 143 Å². The van der Waals surface area contributed by atoms with Crippen LogP contribution in [0, 0.1) is 11.3 Å².